The van der Waals surface area contributed by atoms with Crippen molar-refractivity contribution in [2.45, 2.75) is 39.3 Å². The van der Waals surface area contributed by atoms with Gasteiger partial charge in [0.2, 0.25) is 17.8 Å². The Morgan fingerprint density at radius 1 is 1.14 bits per heavy atom. The lowest BCUT2D eigenvalue weighted by atomic mass is 9.99. The second kappa shape index (κ2) is 15.2. The number of rotatable bonds is 8. The number of fused-ring (bicyclic) bond motifs is 2. The number of guanidine groups is 2. The topological polar surface area (TPSA) is 124 Å². The number of pyridine rings is 1. The lowest BCUT2D eigenvalue weighted by Crippen LogP contribution is -2.53. The second-order valence-corrected chi connectivity index (χ2v) is 13.3. The van der Waals surface area contributed by atoms with Crippen LogP contribution < -0.4 is 16.4 Å². The van der Waals surface area contributed by atoms with Gasteiger partial charge < -0.3 is 26.0 Å². The molecule has 1 amide bonds. The highest BCUT2D eigenvalue weighted by Gasteiger charge is 2.30. The van der Waals surface area contributed by atoms with Gasteiger partial charge >= 0.3 is 0 Å². The first-order valence-electron chi connectivity index (χ1n) is 17.5. The number of hydrogen-bond donors (Lipinski definition) is 3. The van der Waals surface area contributed by atoms with Crippen LogP contribution in [0, 0.1) is 5.92 Å². The molecule has 0 aliphatic carbocycles. The van der Waals surface area contributed by atoms with E-state index in [1.54, 1.807) is 6.08 Å². The van der Waals surface area contributed by atoms with E-state index < -0.39 is 0 Å². The molecule has 2 aromatic carbocycles. The summed E-state index contributed by atoms with van der Waals surface area (Å²) in [5.74, 6) is 2.53. The minimum Gasteiger partial charge on any atom is -0.379 e. The fourth-order valence-electron chi connectivity index (χ4n) is 6.65. The number of amides is 1. The van der Waals surface area contributed by atoms with Gasteiger partial charge in [-0.25, -0.2) is 4.99 Å². The lowest BCUT2D eigenvalue weighted by Gasteiger charge is -2.38. The maximum Gasteiger partial charge on any atom is 0.248 e. The lowest BCUT2D eigenvalue weighted by molar-refractivity contribution is -0.111. The molecule has 0 spiro atoms. The van der Waals surface area contributed by atoms with Crippen molar-refractivity contribution >= 4 is 34.3 Å². The van der Waals surface area contributed by atoms with E-state index in [0.29, 0.717) is 18.4 Å². The van der Waals surface area contributed by atoms with Crippen molar-refractivity contribution in [1.82, 2.24) is 25.0 Å². The van der Waals surface area contributed by atoms with Crippen molar-refractivity contribution in [3.63, 3.8) is 0 Å². The third-order valence-electron chi connectivity index (χ3n) is 9.50. The van der Waals surface area contributed by atoms with E-state index in [4.69, 9.17) is 25.4 Å². The highest BCUT2D eigenvalue weighted by molar-refractivity contribution is 6.03. The summed E-state index contributed by atoms with van der Waals surface area (Å²) in [6.07, 6.45) is 11.1. The molecule has 2 fully saturated rings. The summed E-state index contributed by atoms with van der Waals surface area (Å²) in [6.45, 7) is 10.5. The second-order valence-electron chi connectivity index (χ2n) is 13.3. The molecule has 50 heavy (non-hydrogen) atoms. The quantitative estimate of drug-likeness (QED) is 0.230. The van der Waals surface area contributed by atoms with Gasteiger partial charge in [-0.05, 0) is 54.0 Å². The highest BCUT2D eigenvalue weighted by atomic mass is 16.5. The van der Waals surface area contributed by atoms with Crippen LogP contribution in [0.3, 0.4) is 0 Å². The summed E-state index contributed by atoms with van der Waals surface area (Å²) in [5.41, 5.74) is 14.3. The average molecular weight is 672 g/mol. The number of anilines is 1. The van der Waals surface area contributed by atoms with E-state index >= 15 is 0 Å². The predicted octanol–water partition coefficient (Wildman–Crippen LogP) is 4.82. The van der Waals surface area contributed by atoms with Gasteiger partial charge in [0.15, 0.2) is 0 Å². The maximum atomic E-state index is 12.7. The molecule has 5 heterocycles. The molecule has 4 aliphatic heterocycles. The maximum absolute atomic E-state index is 12.7. The number of carbonyl (C=O) groups excluding carboxylic acids is 1. The fourth-order valence-corrected chi connectivity index (χ4v) is 6.65. The smallest absolute Gasteiger partial charge is 0.248 e. The molecule has 1 aromatic heterocycles. The molecule has 4 aliphatic rings. The molecule has 0 saturated carbocycles. The Labute approximate surface area is 293 Å². The summed E-state index contributed by atoms with van der Waals surface area (Å²) < 4.78 is 5.40. The normalized spacial score (nSPS) is 19.4. The highest BCUT2D eigenvalue weighted by Crippen LogP contribution is 2.32. The summed E-state index contributed by atoms with van der Waals surface area (Å²) in [6, 6.07) is 16.4. The zero-order chi connectivity index (χ0) is 34.5. The number of nitrogens with two attached hydrogens (primary N) is 1. The van der Waals surface area contributed by atoms with E-state index in [2.05, 4.69) is 52.1 Å². The summed E-state index contributed by atoms with van der Waals surface area (Å²) in [4.78, 5) is 34.2. The number of aromatic nitrogens is 1. The Hall–Kier alpha value is -5.06. The van der Waals surface area contributed by atoms with Gasteiger partial charge in [0.1, 0.15) is 5.82 Å². The molecule has 11 heteroatoms. The number of likely N-dealkylation sites (tertiary alicyclic amines) is 1. The Kier molecular flexibility index (Phi) is 10.2. The first kappa shape index (κ1) is 33.4. The van der Waals surface area contributed by atoms with Crippen molar-refractivity contribution in [3.05, 3.63) is 102 Å². The van der Waals surface area contributed by atoms with Crippen LogP contribution >= 0.6 is 0 Å². The van der Waals surface area contributed by atoms with Crippen molar-refractivity contribution in [2.24, 2.45) is 21.6 Å². The summed E-state index contributed by atoms with van der Waals surface area (Å²) in [7, 11) is 0. The number of benzene rings is 2. The number of piperidine rings is 1. The predicted molar refractivity (Wildman–Crippen MR) is 199 cm³/mol. The largest absolute Gasteiger partial charge is 0.379 e. The molecule has 0 bridgehead atoms. The van der Waals surface area contributed by atoms with Gasteiger partial charge in [-0.2, -0.15) is 4.99 Å². The van der Waals surface area contributed by atoms with Crippen LogP contribution in [0.15, 0.2) is 106 Å². The van der Waals surface area contributed by atoms with Crippen LogP contribution in [-0.4, -0.2) is 89.5 Å². The zero-order valence-electron chi connectivity index (χ0n) is 28.8. The third kappa shape index (κ3) is 7.56. The molecule has 3 aromatic rings. The SMILES string of the molecule is CC(C)C1=C2NC(N3CCC(N)CC3)=NC(=NCc3ccccc3-c3nccc4cc(NC(=O)/C=C/CN5CCOCC5)ccc34)N2C=C=C1. The van der Waals surface area contributed by atoms with Crippen molar-refractivity contribution < 1.29 is 9.53 Å². The van der Waals surface area contributed by atoms with Crippen LogP contribution in [0.2, 0.25) is 0 Å². The van der Waals surface area contributed by atoms with Crippen LogP contribution in [0.25, 0.3) is 22.0 Å². The minimum atomic E-state index is -0.151. The van der Waals surface area contributed by atoms with Gasteiger partial charge in [-0.1, -0.05) is 50.3 Å². The van der Waals surface area contributed by atoms with Gasteiger partial charge in [0.25, 0.3) is 0 Å². The first-order chi connectivity index (χ1) is 24.4. The monoisotopic (exact) mass is 671 g/mol. The number of hydrogen-bond acceptors (Lipinski definition) is 8. The van der Waals surface area contributed by atoms with Gasteiger partial charge in [-0.3, -0.25) is 19.6 Å². The van der Waals surface area contributed by atoms with E-state index in [0.717, 1.165) is 109 Å². The number of ether oxygens (including phenoxy) is 1. The first-order valence-corrected chi connectivity index (χ1v) is 17.5. The Balaban J connectivity index is 1.14. The van der Waals surface area contributed by atoms with E-state index in [9.17, 15) is 4.79 Å². The zero-order valence-corrected chi connectivity index (χ0v) is 28.8. The third-order valence-corrected chi connectivity index (χ3v) is 9.50. The number of nitrogens with zero attached hydrogens (tertiary/aromatic N) is 6. The Morgan fingerprint density at radius 2 is 1.96 bits per heavy atom. The average Bonchev–Trinajstić information content (AvgIpc) is 3.14. The molecule has 7 rings (SSSR count). The van der Waals surface area contributed by atoms with E-state index in [-0.39, 0.29) is 11.9 Å². The fraction of sp³-hybridized carbons (Fsp3) is 0.359. The molecule has 4 N–H and O–H groups in total. The number of nitrogens with one attached hydrogen (secondary N) is 2. The molecule has 0 radical (unpaired) electrons. The summed E-state index contributed by atoms with van der Waals surface area (Å²) >= 11 is 0. The van der Waals surface area contributed by atoms with Gasteiger partial charge in [-0.15, -0.1) is 5.73 Å². The number of morpholine rings is 1. The number of allylic oxidation sites excluding steroid dienone is 2. The molecular formula is C39H45N9O2. The van der Waals surface area contributed by atoms with Gasteiger partial charge in [0, 0.05) is 73.2 Å². The molecule has 0 unspecified atom stereocenters. The summed E-state index contributed by atoms with van der Waals surface area (Å²) in [5, 5.41) is 8.60. The van der Waals surface area contributed by atoms with Crippen molar-refractivity contribution in [3.8, 4) is 11.3 Å². The van der Waals surface area contributed by atoms with Crippen LogP contribution in [-0.2, 0) is 16.1 Å². The standard InChI is InChI=1S/C39H45N9O2/c1-27(2)32-9-5-18-48-37(32)44-39(47-19-14-30(40)15-20-47)45-38(48)42-26-29-7-3-4-8-33(29)36-34-12-11-31(25-28(34)13-16-41-36)43-35(49)10-6-17-46-21-23-50-24-22-46/h3-4,6-13,16,18,25,27,30H,14-15,17,19-24,26,40H2,1-2H3,(H,43,49)(H,42,44,45)/b10-6+. The van der Waals surface area contributed by atoms with Gasteiger partial charge in [0.05, 0.1) is 31.7 Å². The Bertz CT molecular complexity index is 1920. The molecule has 0 atom stereocenters. The van der Waals surface area contributed by atoms with Crippen LogP contribution in [0.1, 0.15) is 32.3 Å². The van der Waals surface area contributed by atoms with E-state index in [1.165, 1.54) is 0 Å². The van der Waals surface area contributed by atoms with Crippen LogP contribution in [0.4, 0.5) is 5.69 Å². The van der Waals surface area contributed by atoms with Crippen LogP contribution in [0.5, 0.6) is 0 Å². The Morgan fingerprint density at radius 3 is 2.78 bits per heavy atom. The molecule has 2 saturated heterocycles. The molecule has 11 nitrogen and oxygen atoms in total. The molecular weight excluding hydrogens is 626 g/mol. The molecule has 258 valence electrons. The van der Waals surface area contributed by atoms with Crippen molar-refractivity contribution in [1.29, 1.82) is 0 Å². The van der Waals surface area contributed by atoms with E-state index in [1.807, 2.05) is 65.8 Å². The number of carbonyl (C=O) groups is 1. The minimum absolute atomic E-state index is 0.151. The van der Waals surface area contributed by atoms with Crippen molar-refractivity contribution in [2.75, 3.05) is 51.3 Å². The number of aliphatic imine (C=N–C) groups is 2.